The van der Waals surface area contributed by atoms with Crippen LogP contribution in [0.4, 0.5) is 10.1 Å². The standard InChI is InChI=1S/C19H18ClFN4O2/c1-11-23-5-6-25(11)17-4-3-12(7-15(17)21)10-24-19(26)13-8-14(20)16(22)9-18(13)27-2/h3-9H,10,22H2,1-2H3,(H,24,26). The van der Waals surface area contributed by atoms with Crippen molar-refractivity contribution in [1.82, 2.24) is 14.9 Å². The van der Waals surface area contributed by atoms with Gasteiger partial charge in [0.25, 0.3) is 5.91 Å². The lowest BCUT2D eigenvalue weighted by Gasteiger charge is -2.12. The van der Waals surface area contributed by atoms with E-state index in [0.29, 0.717) is 28.5 Å². The zero-order chi connectivity index (χ0) is 19.6. The first-order chi connectivity index (χ1) is 12.9. The number of carbonyl (C=O) groups is 1. The summed E-state index contributed by atoms with van der Waals surface area (Å²) < 4.78 is 21.3. The van der Waals surface area contributed by atoms with Gasteiger partial charge in [-0.2, -0.15) is 0 Å². The van der Waals surface area contributed by atoms with Crippen molar-refractivity contribution in [3.05, 3.63) is 70.5 Å². The molecule has 0 aliphatic rings. The molecule has 0 radical (unpaired) electrons. The third-order valence-electron chi connectivity index (χ3n) is 4.11. The fourth-order valence-electron chi connectivity index (χ4n) is 2.68. The number of nitrogens with one attached hydrogen (secondary N) is 1. The Morgan fingerprint density at radius 2 is 2.15 bits per heavy atom. The summed E-state index contributed by atoms with van der Waals surface area (Å²) in [6.07, 6.45) is 3.29. The van der Waals surface area contributed by atoms with Gasteiger partial charge in [-0.25, -0.2) is 9.37 Å². The van der Waals surface area contributed by atoms with E-state index in [0.717, 1.165) is 0 Å². The second kappa shape index (κ2) is 7.67. The van der Waals surface area contributed by atoms with E-state index in [1.54, 1.807) is 36.0 Å². The number of anilines is 1. The van der Waals surface area contributed by atoms with Crippen LogP contribution in [0.3, 0.4) is 0 Å². The zero-order valence-corrected chi connectivity index (χ0v) is 15.5. The number of ether oxygens (including phenoxy) is 1. The van der Waals surface area contributed by atoms with Gasteiger partial charge in [-0.15, -0.1) is 0 Å². The molecule has 3 N–H and O–H groups in total. The van der Waals surface area contributed by atoms with E-state index in [1.165, 1.54) is 25.3 Å². The molecular weight excluding hydrogens is 371 g/mol. The maximum absolute atomic E-state index is 14.4. The summed E-state index contributed by atoms with van der Waals surface area (Å²) in [6.45, 7) is 1.93. The molecule has 8 heteroatoms. The first-order valence-corrected chi connectivity index (χ1v) is 8.48. The largest absolute Gasteiger partial charge is 0.496 e. The van der Waals surface area contributed by atoms with E-state index in [-0.39, 0.29) is 17.1 Å². The van der Waals surface area contributed by atoms with E-state index >= 15 is 0 Å². The Balaban J connectivity index is 1.76. The van der Waals surface area contributed by atoms with Gasteiger partial charge >= 0.3 is 0 Å². The molecule has 0 saturated heterocycles. The second-order valence-electron chi connectivity index (χ2n) is 5.89. The van der Waals surface area contributed by atoms with Crippen LogP contribution in [0.15, 0.2) is 42.7 Å². The van der Waals surface area contributed by atoms with Crippen molar-refractivity contribution >= 4 is 23.2 Å². The summed E-state index contributed by atoms with van der Waals surface area (Å²) in [5, 5.41) is 2.98. The number of nitrogens with two attached hydrogens (primary N) is 1. The van der Waals surface area contributed by atoms with Crippen LogP contribution in [0, 0.1) is 12.7 Å². The Morgan fingerprint density at radius 1 is 1.37 bits per heavy atom. The van der Waals surface area contributed by atoms with Crippen LogP contribution in [0.2, 0.25) is 5.02 Å². The molecule has 3 rings (SSSR count). The number of methoxy groups -OCH3 is 1. The summed E-state index contributed by atoms with van der Waals surface area (Å²) in [5.74, 6) is 0.188. The van der Waals surface area contributed by atoms with E-state index in [1.807, 2.05) is 0 Å². The Labute approximate surface area is 160 Å². The number of hydrogen-bond acceptors (Lipinski definition) is 4. The van der Waals surface area contributed by atoms with Crippen LogP contribution < -0.4 is 15.8 Å². The fourth-order valence-corrected chi connectivity index (χ4v) is 2.84. The Morgan fingerprint density at radius 3 is 2.78 bits per heavy atom. The van der Waals surface area contributed by atoms with E-state index < -0.39 is 11.7 Å². The second-order valence-corrected chi connectivity index (χ2v) is 6.29. The quantitative estimate of drug-likeness (QED) is 0.655. The highest BCUT2D eigenvalue weighted by atomic mass is 35.5. The number of aryl methyl sites for hydroxylation is 1. The van der Waals surface area contributed by atoms with Gasteiger partial charge in [-0.1, -0.05) is 17.7 Å². The SMILES string of the molecule is COc1cc(N)c(Cl)cc1C(=O)NCc1ccc(-n2ccnc2C)c(F)c1. The van der Waals surface area contributed by atoms with Gasteiger partial charge in [0.2, 0.25) is 0 Å². The first kappa shape index (κ1) is 18.7. The lowest BCUT2D eigenvalue weighted by atomic mass is 10.1. The fraction of sp³-hybridized carbons (Fsp3) is 0.158. The third kappa shape index (κ3) is 3.88. The molecule has 0 aliphatic heterocycles. The van der Waals surface area contributed by atoms with Crippen molar-refractivity contribution in [2.24, 2.45) is 0 Å². The molecule has 1 heterocycles. The molecular formula is C19H18ClFN4O2. The highest BCUT2D eigenvalue weighted by Crippen LogP contribution is 2.28. The highest BCUT2D eigenvalue weighted by Gasteiger charge is 2.15. The van der Waals surface area contributed by atoms with E-state index in [4.69, 9.17) is 22.1 Å². The lowest BCUT2D eigenvalue weighted by molar-refractivity contribution is 0.0948. The van der Waals surface area contributed by atoms with Crippen molar-refractivity contribution in [3.63, 3.8) is 0 Å². The van der Waals surface area contributed by atoms with Crippen LogP contribution in [0.1, 0.15) is 21.7 Å². The van der Waals surface area contributed by atoms with Crippen molar-refractivity contribution in [2.75, 3.05) is 12.8 Å². The van der Waals surface area contributed by atoms with Gasteiger partial charge in [-0.05, 0) is 30.7 Å². The minimum absolute atomic E-state index is 0.143. The molecule has 1 amide bonds. The normalized spacial score (nSPS) is 10.7. The zero-order valence-electron chi connectivity index (χ0n) is 14.8. The maximum atomic E-state index is 14.4. The predicted molar refractivity (Wildman–Crippen MR) is 102 cm³/mol. The van der Waals surface area contributed by atoms with Crippen LogP contribution in [-0.4, -0.2) is 22.6 Å². The van der Waals surface area contributed by atoms with Gasteiger partial charge in [0.15, 0.2) is 0 Å². The van der Waals surface area contributed by atoms with Crippen LogP contribution in [-0.2, 0) is 6.54 Å². The van der Waals surface area contributed by atoms with Crippen molar-refractivity contribution < 1.29 is 13.9 Å². The summed E-state index contributed by atoms with van der Waals surface area (Å²) in [4.78, 5) is 16.5. The molecule has 140 valence electrons. The van der Waals surface area contributed by atoms with Crippen LogP contribution in [0.5, 0.6) is 5.75 Å². The summed E-state index contributed by atoms with van der Waals surface area (Å²) in [7, 11) is 1.44. The molecule has 0 unspecified atom stereocenters. The number of hydrogen-bond donors (Lipinski definition) is 2. The molecule has 1 aromatic heterocycles. The minimum atomic E-state index is -0.407. The van der Waals surface area contributed by atoms with Crippen molar-refractivity contribution in [2.45, 2.75) is 13.5 Å². The van der Waals surface area contributed by atoms with Gasteiger partial charge in [0, 0.05) is 25.0 Å². The number of nitrogens with zero attached hydrogens (tertiary/aromatic N) is 2. The van der Waals surface area contributed by atoms with Crippen LogP contribution >= 0.6 is 11.6 Å². The predicted octanol–water partition coefficient (Wildman–Crippen LogP) is 3.49. The minimum Gasteiger partial charge on any atom is -0.496 e. The van der Waals surface area contributed by atoms with Crippen molar-refractivity contribution in [1.29, 1.82) is 0 Å². The van der Waals surface area contributed by atoms with Gasteiger partial charge < -0.3 is 20.4 Å². The average molecular weight is 389 g/mol. The smallest absolute Gasteiger partial charge is 0.255 e. The summed E-state index contributed by atoms with van der Waals surface area (Å²) in [6, 6.07) is 7.69. The molecule has 0 spiro atoms. The van der Waals surface area contributed by atoms with E-state index in [9.17, 15) is 9.18 Å². The number of rotatable bonds is 5. The number of benzene rings is 2. The first-order valence-electron chi connectivity index (χ1n) is 8.10. The topological polar surface area (TPSA) is 82.2 Å². The monoisotopic (exact) mass is 388 g/mol. The maximum Gasteiger partial charge on any atom is 0.255 e. The molecule has 0 saturated carbocycles. The summed E-state index contributed by atoms with van der Waals surface area (Å²) in [5.41, 5.74) is 7.30. The Hall–Kier alpha value is -3.06. The number of aromatic nitrogens is 2. The van der Waals surface area contributed by atoms with Gasteiger partial charge in [0.1, 0.15) is 17.4 Å². The molecule has 0 bridgehead atoms. The molecule has 6 nitrogen and oxygen atoms in total. The lowest BCUT2D eigenvalue weighted by Crippen LogP contribution is -2.23. The highest BCUT2D eigenvalue weighted by molar-refractivity contribution is 6.33. The molecule has 2 aromatic carbocycles. The molecule has 0 fully saturated rings. The third-order valence-corrected chi connectivity index (χ3v) is 4.44. The van der Waals surface area contributed by atoms with Gasteiger partial charge in [-0.3, -0.25) is 4.79 Å². The average Bonchev–Trinajstić information content (AvgIpc) is 3.07. The number of amides is 1. The number of imidazole rings is 1. The molecule has 0 aliphatic carbocycles. The Kier molecular flexibility index (Phi) is 5.32. The van der Waals surface area contributed by atoms with Gasteiger partial charge in [0.05, 0.1) is 29.1 Å². The number of nitrogen functional groups attached to an aromatic ring is 1. The number of carbonyl (C=O) groups excluding carboxylic acids is 1. The van der Waals surface area contributed by atoms with Crippen molar-refractivity contribution in [3.8, 4) is 11.4 Å². The summed E-state index contributed by atoms with van der Waals surface area (Å²) >= 11 is 5.99. The molecule has 0 atom stereocenters. The van der Waals surface area contributed by atoms with Crippen LogP contribution in [0.25, 0.3) is 5.69 Å². The molecule has 3 aromatic rings. The number of halogens is 2. The Bertz CT molecular complexity index is 1000. The molecule has 27 heavy (non-hydrogen) atoms. The van der Waals surface area contributed by atoms with E-state index in [2.05, 4.69) is 10.3 Å².